The van der Waals surface area contributed by atoms with Gasteiger partial charge in [-0.2, -0.15) is 0 Å². The maximum absolute atomic E-state index is 12.2. The molecule has 1 atom stereocenters. The van der Waals surface area contributed by atoms with Crippen molar-refractivity contribution in [2.24, 2.45) is 0 Å². The molecule has 3 aromatic rings. The van der Waals surface area contributed by atoms with E-state index in [9.17, 15) is 4.79 Å². The zero-order valence-electron chi connectivity index (χ0n) is 12.8. The Bertz CT molecular complexity index is 771. The highest BCUT2D eigenvalue weighted by Crippen LogP contribution is 2.21. The molecule has 23 heavy (non-hydrogen) atoms. The summed E-state index contributed by atoms with van der Waals surface area (Å²) >= 11 is 1.51. The summed E-state index contributed by atoms with van der Waals surface area (Å²) in [5, 5.41) is 5.75. The summed E-state index contributed by atoms with van der Waals surface area (Å²) in [6, 6.07) is 15.6. The van der Waals surface area contributed by atoms with Gasteiger partial charge in [-0.25, -0.2) is 4.98 Å². The maximum atomic E-state index is 12.2. The van der Waals surface area contributed by atoms with Crippen LogP contribution in [0.25, 0.3) is 10.7 Å². The van der Waals surface area contributed by atoms with E-state index in [1.54, 1.807) is 6.20 Å². The Morgan fingerprint density at radius 3 is 2.70 bits per heavy atom. The predicted octanol–water partition coefficient (Wildman–Crippen LogP) is 3.63. The van der Waals surface area contributed by atoms with Crippen LogP contribution in [0.4, 0.5) is 0 Å². The van der Waals surface area contributed by atoms with E-state index in [1.807, 2.05) is 60.8 Å². The number of aromatic nitrogens is 2. The van der Waals surface area contributed by atoms with Crippen molar-refractivity contribution in [3.8, 4) is 10.7 Å². The van der Waals surface area contributed by atoms with Crippen molar-refractivity contribution in [1.29, 1.82) is 0 Å². The summed E-state index contributed by atoms with van der Waals surface area (Å²) in [5.41, 5.74) is 2.70. The lowest BCUT2D eigenvalue weighted by atomic mass is 10.1. The Kier molecular flexibility index (Phi) is 4.78. The average Bonchev–Trinajstić information content (AvgIpc) is 3.04. The van der Waals surface area contributed by atoms with Gasteiger partial charge in [0, 0.05) is 11.6 Å². The fourth-order valence-corrected chi connectivity index (χ4v) is 3.07. The molecule has 0 radical (unpaired) electrons. The minimum atomic E-state index is -0.0285. The first-order valence-corrected chi connectivity index (χ1v) is 8.30. The molecule has 0 fully saturated rings. The molecule has 1 aromatic carbocycles. The number of amides is 1. The van der Waals surface area contributed by atoms with Crippen LogP contribution in [-0.4, -0.2) is 15.9 Å². The Balaban J connectivity index is 1.61. The van der Waals surface area contributed by atoms with E-state index in [1.165, 1.54) is 11.3 Å². The van der Waals surface area contributed by atoms with Gasteiger partial charge in [0.25, 0.3) is 0 Å². The van der Waals surface area contributed by atoms with Gasteiger partial charge in [-0.3, -0.25) is 9.78 Å². The lowest BCUT2D eigenvalue weighted by molar-refractivity contribution is -0.121. The topological polar surface area (TPSA) is 54.9 Å². The fourth-order valence-electron chi connectivity index (χ4n) is 2.28. The molecule has 0 aliphatic carbocycles. The third-order valence-corrected chi connectivity index (χ3v) is 4.37. The monoisotopic (exact) mass is 323 g/mol. The number of hydrogen-bond donors (Lipinski definition) is 1. The van der Waals surface area contributed by atoms with E-state index < -0.39 is 0 Å². The molecule has 1 amide bonds. The van der Waals surface area contributed by atoms with Crippen molar-refractivity contribution in [3.63, 3.8) is 0 Å². The normalized spacial score (nSPS) is 11.9. The van der Waals surface area contributed by atoms with E-state index in [2.05, 4.69) is 15.3 Å². The van der Waals surface area contributed by atoms with Crippen LogP contribution < -0.4 is 5.32 Å². The van der Waals surface area contributed by atoms with E-state index in [-0.39, 0.29) is 18.4 Å². The summed E-state index contributed by atoms with van der Waals surface area (Å²) in [4.78, 5) is 21.0. The highest BCUT2D eigenvalue weighted by atomic mass is 32.1. The highest BCUT2D eigenvalue weighted by molar-refractivity contribution is 7.13. The molecular weight excluding hydrogens is 306 g/mol. The zero-order valence-corrected chi connectivity index (χ0v) is 13.6. The molecule has 0 aliphatic rings. The number of carbonyl (C=O) groups is 1. The lowest BCUT2D eigenvalue weighted by Gasteiger charge is -2.13. The van der Waals surface area contributed by atoms with Crippen LogP contribution in [0.1, 0.15) is 24.2 Å². The molecule has 0 bridgehead atoms. The Morgan fingerprint density at radius 2 is 1.96 bits per heavy atom. The first-order chi connectivity index (χ1) is 11.2. The third kappa shape index (κ3) is 4.02. The summed E-state index contributed by atoms with van der Waals surface area (Å²) in [7, 11) is 0. The number of hydrogen-bond acceptors (Lipinski definition) is 4. The summed E-state index contributed by atoms with van der Waals surface area (Å²) in [6.07, 6.45) is 2.02. The average molecular weight is 323 g/mol. The standard InChI is InChI=1S/C18H17N3OS/c1-13(14-7-3-2-4-8-14)20-17(22)11-15-12-23-18(21-15)16-9-5-6-10-19-16/h2-10,12-13H,11H2,1H3,(H,20,22)/t13-/m0/s1. The molecule has 3 rings (SSSR count). The van der Waals surface area contributed by atoms with Gasteiger partial charge in [-0.05, 0) is 24.6 Å². The molecule has 5 heteroatoms. The number of rotatable bonds is 5. The van der Waals surface area contributed by atoms with Gasteiger partial charge in [0.2, 0.25) is 5.91 Å². The summed E-state index contributed by atoms with van der Waals surface area (Å²) < 4.78 is 0. The number of benzene rings is 1. The smallest absolute Gasteiger partial charge is 0.226 e. The van der Waals surface area contributed by atoms with Crippen LogP contribution in [-0.2, 0) is 11.2 Å². The van der Waals surface area contributed by atoms with Gasteiger partial charge in [-0.1, -0.05) is 36.4 Å². The molecule has 4 nitrogen and oxygen atoms in total. The third-order valence-electron chi connectivity index (χ3n) is 3.45. The van der Waals surface area contributed by atoms with Crippen LogP contribution in [0.5, 0.6) is 0 Å². The van der Waals surface area contributed by atoms with Gasteiger partial charge >= 0.3 is 0 Å². The minimum absolute atomic E-state index is 0.0161. The molecule has 0 aliphatic heterocycles. The summed E-state index contributed by atoms with van der Waals surface area (Å²) in [6.45, 7) is 1.98. The van der Waals surface area contributed by atoms with Gasteiger partial charge < -0.3 is 5.32 Å². The minimum Gasteiger partial charge on any atom is -0.349 e. The number of nitrogens with zero attached hydrogens (tertiary/aromatic N) is 2. The summed E-state index contributed by atoms with van der Waals surface area (Å²) in [5.74, 6) is -0.0285. The van der Waals surface area contributed by atoms with E-state index in [0.717, 1.165) is 22.0 Å². The van der Waals surface area contributed by atoms with Crippen molar-refractivity contribution < 1.29 is 4.79 Å². The van der Waals surface area contributed by atoms with Crippen LogP contribution in [0, 0.1) is 0 Å². The van der Waals surface area contributed by atoms with Crippen molar-refractivity contribution in [1.82, 2.24) is 15.3 Å². The van der Waals surface area contributed by atoms with Gasteiger partial charge in [0.1, 0.15) is 5.01 Å². The number of pyridine rings is 1. The van der Waals surface area contributed by atoms with E-state index >= 15 is 0 Å². The largest absolute Gasteiger partial charge is 0.349 e. The van der Waals surface area contributed by atoms with E-state index in [0.29, 0.717) is 0 Å². The first-order valence-electron chi connectivity index (χ1n) is 7.42. The van der Waals surface area contributed by atoms with Crippen LogP contribution in [0.15, 0.2) is 60.1 Å². The van der Waals surface area contributed by atoms with Crippen molar-refractivity contribution >= 4 is 17.2 Å². The zero-order chi connectivity index (χ0) is 16.1. The molecule has 0 saturated carbocycles. The second kappa shape index (κ2) is 7.15. The van der Waals surface area contributed by atoms with Gasteiger partial charge in [0.05, 0.1) is 23.9 Å². The first kappa shape index (κ1) is 15.4. The molecule has 116 valence electrons. The van der Waals surface area contributed by atoms with Crippen LogP contribution in [0.3, 0.4) is 0 Å². The van der Waals surface area contributed by atoms with Crippen LogP contribution >= 0.6 is 11.3 Å². The van der Waals surface area contributed by atoms with Gasteiger partial charge in [-0.15, -0.1) is 11.3 Å². The molecule has 0 spiro atoms. The molecule has 1 N–H and O–H groups in total. The number of nitrogens with one attached hydrogen (secondary N) is 1. The Hall–Kier alpha value is -2.53. The van der Waals surface area contributed by atoms with E-state index in [4.69, 9.17) is 0 Å². The second-order valence-corrected chi connectivity index (χ2v) is 6.09. The molecule has 0 saturated heterocycles. The Labute approximate surface area is 139 Å². The predicted molar refractivity (Wildman–Crippen MR) is 92.0 cm³/mol. The van der Waals surface area contributed by atoms with Crippen LogP contribution in [0.2, 0.25) is 0 Å². The molecule has 0 unspecified atom stereocenters. The number of carbonyl (C=O) groups excluding carboxylic acids is 1. The number of thiazole rings is 1. The Morgan fingerprint density at radius 1 is 1.17 bits per heavy atom. The van der Waals surface area contributed by atoms with Crippen molar-refractivity contribution in [3.05, 3.63) is 71.4 Å². The van der Waals surface area contributed by atoms with Crippen molar-refractivity contribution in [2.75, 3.05) is 0 Å². The maximum Gasteiger partial charge on any atom is 0.226 e. The lowest BCUT2D eigenvalue weighted by Crippen LogP contribution is -2.28. The molecule has 2 aromatic heterocycles. The molecular formula is C18H17N3OS. The SMILES string of the molecule is C[C@H](NC(=O)Cc1csc(-c2ccccn2)n1)c1ccccc1. The van der Waals surface area contributed by atoms with Gasteiger partial charge in [0.15, 0.2) is 0 Å². The quantitative estimate of drug-likeness (QED) is 0.780. The fraction of sp³-hybridized carbons (Fsp3) is 0.167. The molecule has 2 heterocycles. The highest BCUT2D eigenvalue weighted by Gasteiger charge is 2.12. The van der Waals surface area contributed by atoms with Crippen molar-refractivity contribution in [2.45, 2.75) is 19.4 Å². The second-order valence-electron chi connectivity index (χ2n) is 5.24.